The second-order valence-electron chi connectivity index (χ2n) is 15.2. The average molecular weight is 860 g/mol. The molecule has 2 heterocycles. The molecule has 0 aromatic heterocycles. The summed E-state index contributed by atoms with van der Waals surface area (Å²) in [5, 5.41) is 10.9. The Balaban J connectivity index is 1.23. The number of para-hydroxylation sites is 1. The normalized spacial score (nSPS) is 16.7. The van der Waals surface area contributed by atoms with Gasteiger partial charge in [-0.2, -0.15) is 0 Å². The lowest BCUT2D eigenvalue weighted by Gasteiger charge is -2.39. The average Bonchev–Trinajstić information content (AvgIpc) is 3.58. The highest BCUT2D eigenvalue weighted by Gasteiger charge is 2.44. The molecule has 0 fully saturated rings. The van der Waals surface area contributed by atoms with Gasteiger partial charge in [0.25, 0.3) is 0 Å². The van der Waals surface area contributed by atoms with Crippen LogP contribution in [0.25, 0.3) is 0 Å². The van der Waals surface area contributed by atoms with E-state index in [1.807, 2.05) is 45.0 Å². The topological polar surface area (TPSA) is 235 Å². The number of nitrogens with one attached hydrogen (secondary N) is 4. The van der Waals surface area contributed by atoms with Crippen LogP contribution in [-0.4, -0.2) is 166 Å². The molecule has 18 nitrogen and oxygen atoms in total. The van der Waals surface area contributed by atoms with Crippen molar-refractivity contribution in [1.29, 1.82) is 0 Å². The fraction of sp³-hybridized carbons (Fsp3) is 0.659. The largest absolute Gasteiger partial charge is 0.385 e. The minimum absolute atomic E-state index is 0.0400. The SMILES string of the molecule is CCOCC1=NC2C(N)=Nc3ccccc3C2N1CC(C)(C)NC(=O)CCOCCOCCNC(=O)CCN(C)C(=O)CC(C=O)SCC(=O)NCCCCC(C=O)NC. The second kappa shape index (κ2) is 26.7. The Hall–Kier alpha value is -4.43. The number of carbonyl (C=O) groups is 6. The zero-order valence-corrected chi connectivity index (χ0v) is 36.6. The molecule has 60 heavy (non-hydrogen) atoms. The van der Waals surface area contributed by atoms with Crippen molar-refractivity contribution < 1.29 is 43.0 Å². The third-order valence-corrected chi connectivity index (χ3v) is 10.9. The maximum Gasteiger partial charge on any atom is 0.230 e. The van der Waals surface area contributed by atoms with Crippen LogP contribution in [0.15, 0.2) is 34.3 Å². The van der Waals surface area contributed by atoms with Gasteiger partial charge in [-0.25, -0.2) is 4.99 Å². The molecule has 6 N–H and O–H groups in total. The van der Waals surface area contributed by atoms with Gasteiger partial charge in [0, 0.05) is 64.7 Å². The Morgan fingerprint density at radius 2 is 1.70 bits per heavy atom. The van der Waals surface area contributed by atoms with Crippen LogP contribution in [0.1, 0.15) is 70.9 Å². The molecular formula is C41H65N9O9S. The molecule has 19 heteroatoms. The summed E-state index contributed by atoms with van der Waals surface area (Å²) in [6, 6.07) is 7.21. The minimum Gasteiger partial charge on any atom is -0.385 e. The molecule has 2 aliphatic heterocycles. The number of carbonyl (C=O) groups excluding carboxylic acids is 6. The van der Waals surface area contributed by atoms with E-state index in [1.54, 1.807) is 14.1 Å². The molecular weight excluding hydrogens is 795 g/mol. The van der Waals surface area contributed by atoms with E-state index in [9.17, 15) is 28.8 Å². The molecule has 0 saturated carbocycles. The Labute approximate surface area is 357 Å². The standard InChI is InChI=1S/C41H65N9O9S/c1-6-57-26-33-47-38-39(31-12-7-8-13-32(31)46-40(38)42)50(33)28-41(2,3)48-35(54)15-19-58-21-22-59-20-17-45-34(53)14-18-49(5)37(56)23-30(25-52)60-27-36(55)44-16-10-9-11-29(24-51)43-4/h7-8,12-13,24-25,29-30,38-39,43H,6,9-11,14-23,26-28H2,1-5H3,(H2,42,46)(H,44,55)(H,45,53)(H,48,54). The lowest BCUT2D eigenvalue weighted by atomic mass is 9.92. The maximum absolute atomic E-state index is 12.9. The number of fused-ring (bicyclic) bond motifs is 3. The van der Waals surface area contributed by atoms with Crippen LogP contribution >= 0.6 is 11.8 Å². The summed E-state index contributed by atoms with van der Waals surface area (Å²) in [6.07, 6.45) is 3.87. The van der Waals surface area contributed by atoms with Crippen molar-refractivity contribution in [3.05, 3.63) is 29.8 Å². The van der Waals surface area contributed by atoms with Crippen molar-refractivity contribution in [2.24, 2.45) is 15.7 Å². The number of amides is 4. The first-order valence-electron chi connectivity index (χ1n) is 20.6. The van der Waals surface area contributed by atoms with Crippen molar-refractivity contribution in [2.75, 3.05) is 85.7 Å². The highest BCUT2D eigenvalue weighted by atomic mass is 32.2. The van der Waals surface area contributed by atoms with Crippen LogP contribution in [0.4, 0.5) is 5.69 Å². The van der Waals surface area contributed by atoms with Crippen LogP contribution in [0, 0.1) is 0 Å². The van der Waals surface area contributed by atoms with E-state index in [-0.39, 0.29) is 106 Å². The van der Waals surface area contributed by atoms with Gasteiger partial charge in [-0.05, 0) is 53.1 Å². The molecule has 4 unspecified atom stereocenters. The van der Waals surface area contributed by atoms with Gasteiger partial charge in [0.15, 0.2) is 0 Å². The lowest BCUT2D eigenvalue weighted by molar-refractivity contribution is -0.131. The number of rotatable bonds is 31. The van der Waals surface area contributed by atoms with E-state index in [1.165, 1.54) is 4.90 Å². The Morgan fingerprint density at radius 3 is 2.42 bits per heavy atom. The number of likely N-dealkylation sites (N-methyl/N-ethyl adjacent to an activating group) is 1. The first kappa shape index (κ1) is 49.9. The summed E-state index contributed by atoms with van der Waals surface area (Å²) < 4.78 is 16.9. The molecule has 2 aliphatic rings. The number of aliphatic imine (C=N–C) groups is 2. The quantitative estimate of drug-likeness (QED) is 0.0517. The molecule has 0 radical (unpaired) electrons. The molecule has 3 rings (SSSR count). The van der Waals surface area contributed by atoms with Gasteiger partial charge in [0.05, 0.1) is 60.7 Å². The number of aldehydes is 2. The third kappa shape index (κ3) is 17.3. The van der Waals surface area contributed by atoms with E-state index in [2.05, 4.69) is 31.2 Å². The van der Waals surface area contributed by atoms with Crippen LogP contribution in [0.5, 0.6) is 0 Å². The number of ether oxygens (including phenoxy) is 3. The van der Waals surface area contributed by atoms with Gasteiger partial charge in [-0.15, -0.1) is 11.8 Å². The van der Waals surface area contributed by atoms with Gasteiger partial charge in [-0.1, -0.05) is 18.2 Å². The molecule has 0 spiro atoms. The van der Waals surface area contributed by atoms with E-state index >= 15 is 0 Å². The molecule has 4 atom stereocenters. The van der Waals surface area contributed by atoms with Gasteiger partial charge in [0.1, 0.15) is 36.9 Å². The molecule has 0 bridgehead atoms. The molecule has 1 aromatic carbocycles. The van der Waals surface area contributed by atoms with E-state index in [0.29, 0.717) is 44.8 Å². The zero-order valence-electron chi connectivity index (χ0n) is 35.7. The van der Waals surface area contributed by atoms with Gasteiger partial charge in [0.2, 0.25) is 23.6 Å². The third-order valence-electron chi connectivity index (χ3n) is 9.81. The van der Waals surface area contributed by atoms with E-state index in [0.717, 1.165) is 48.0 Å². The van der Waals surface area contributed by atoms with Crippen molar-refractivity contribution in [3.8, 4) is 0 Å². The molecule has 334 valence electrons. The lowest BCUT2D eigenvalue weighted by Crippen LogP contribution is -2.54. The molecule has 4 amide bonds. The summed E-state index contributed by atoms with van der Waals surface area (Å²) >= 11 is 1.09. The molecule has 1 aromatic rings. The fourth-order valence-electron chi connectivity index (χ4n) is 6.59. The monoisotopic (exact) mass is 859 g/mol. The summed E-state index contributed by atoms with van der Waals surface area (Å²) in [5.74, 6) is 0.324. The van der Waals surface area contributed by atoms with Gasteiger partial charge in [-0.3, -0.25) is 24.2 Å². The zero-order chi connectivity index (χ0) is 43.9. The predicted octanol–water partition coefficient (Wildman–Crippen LogP) is 0.896. The van der Waals surface area contributed by atoms with Crippen LogP contribution in [0.3, 0.4) is 0 Å². The fourth-order valence-corrected chi connectivity index (χ4v) is 7.40. The number of unbranched alkanes of at least 4 members (excludes halogenated alkanes) is 1. The second-order valence-corrected chi connectivity index (χ2v) is 16.4. The van der Waals surface area contributed by atoms with Crippen LogP contribution < -0.4 is 27.0 Å². The number of hydrogen-bond acceptors (Lipinski definition) is 15. The summed E-state index contributed by atoms with van der Waals surface area (Å²) in [5.41, 5.74) is 7.59. The minimum atomic E-state index is -0.684. The molecule has 0 saturated heterocycles. The Bertz CT molecular complexity index is 1630. The summed E-state index contributed by atoms with van der Waals surface area (Å²) in [4.78, 5) is 85.5. The van der Waals surface area contributed by atoms with Crippen LogP contribution in [0.2, 0.25) is 0 Å². The highest BCUT2D eigenvalue weighted by Crippen LogP contribution is 2.41. The van der Waals surface area contributed by atoms with Crippen molar-refractivity contribution in [2.45, 2.75) is 88.2 Å². The predicted molar refractivity (Wildman–Crippen MR) is 231 cm³/mol. The summed E-state index contributed by atoms with van der Waals surface area (Å²) in [7, 11) is 3.28. The van der Waals surface area contributed by atoms with E-state index in [4.69, 9.17) is 24.9 Å². The van der Waals surface area contributed by atoms with Crippen LogP contribution in [-0.2, 0) is 43.0 Å². The van der Waals surface area contributed by atoms with Crippen molar-refractivity contribution in [3.63, 3.8) is 0 Å². The number of nitrogens with zero attached hydrogens (tertiary/aromatic N) is 4. The summed E-state index contributed by atoms with van der Waals surface area (Å²) in [6.45, 7) is 9.14. The molecule has 0 aliphatic carbocycles. The first-order valence-corrected chi connectivity index (χ1v) is 21.6. The van der Waals surface area contributed by atoms with Gasteiger partial charge < -0.3 is 60.6 Å². The first-order chi connectivity index (χ1) is 28.8. The number of thioether (sulfide) groups is 1. The number of amidine groups is 2. The van der Waals surface area contributed by atoms with Crippen molar-refractivity contribution in [1.82, 2.24) is 31.1 Å². The van der Waals surface area contributed by atoms with Gasteiger partial charge >= 0.3 is 0 Å². The number of nitrogens with two attached hydrogens (primary N) is 1. The Kier molecular flexibility index (Phi) is 22.2. The number of benzene rings is 1. The smallest absolute Gasteiger partial charge is 0.230 e. The van der Waals surface area contributed by atoms with Crippen molar-refractivity contribution >= 4 is 65.3 Å². The maximum atomic E-state index is 12.9. The highest BCUT2D eigenvalue weighted by molar-refractivity contribution is 8.01. The van der Waals surface area contributed by atoms with E-state index < -0.39 is 10.8 Å². The number of hydrogen-bond donors (Lipinski definition) is 5. The Morgan fingerprint density at radius 1 is 0.967 bits per heavy atom.